The number of rotatable bonds is 4. The number of aryl methyl sites for hydroxylation is 1. The van der Waals surface area contributed by atoms with E-state index in [1.807, 2.05) is 6.07 Å². The van der Waals surface area contributed by atoms with Crippen LogP contribution in [0.2, 0.25) is 0 Å². The van der Waals surface area contributed by atoms with E-state index in [9.17, 15) is 19.7 Å². The fourth-order valence-corrected chi connectivity index (χ4v) is 3.71. The zero-order valence-corrected chi connectivity index (χ0v) is 15.9. The summed E-state index contributed by atoms with van der Waals surface area (Å²) in [6.45, 7) is 3.35. The Morgan fingerprint density at radius 3 is 2.48 bits per heavy atom. The molecule has 0 atom stereocenters. The van der Waals surface area contributed by atoms with Gasteiger partial charge in [-0.15, -0.1) is 0 Å². The molecule has 150 valence electrons. The van der Waals surface area contributed by atoms with Crippen LogP contribution in [0.5, 0.6) is 0 Å². The Kier molecular flexibility index (Phi) is 4.79. The quantitative estimate of drug-likeness (QED) is 0.462. The van der Waals surface area contributed by atoms with E-state index in [2.05, 4.69) is 20.2 Å². The van der Waals surface area contributed by atoms with Crippen molar-refractivity contribution in [1.82, 2.24) is 9.97 Å². The van der Waals surface area contributed by atoms with Gasteiger partial charge in [0, 0.05) is 30.3 Å². The van der Waals surface area contributed by atoms with Gasteiger partial charge in [-0.05, 0) is 44.4 Å². The number of benzene rings is 2. The third-order valence-electron chi connectivity index (χ3n) is 5.25. The molecular weight excluding hydrogens is 374 g/mol. The predicted molar refractivity (Wildman–Crippen MR) is 111 cm³/mol. The number of nitro groups is 1. The number of nitrogens with zero attached hydrogens (tertiary/aromatic N) is 2. The molecule has 0 spiro atoms. The number of hydrogen-bond donors (Lipinski definition) is 3. The molecule has 9 nitrogen and oxygen atoms in total. The van der Waals surface area contributed by atoms with Gasteiger partial charge in [-0.1, -0.05) is 6.07 Å². The molecule has 1 amide bonds. The Morgan fingerprint density at radius 2 is 1.79 bits per heavy atom. The van der Waals surface area contributed by atoms with Crippen molar-refractivity contribution in [3.05, 3.63) is 62.1 Å². The highest BCUT2D eigenvalue weighted by atomic mass is 16.6. The van der Waals surface area contributed by atoms with Crippen LogP contribution in [0.15, 0.2) is 35.1 Å². The lowest BCUT2D eigenvalue weighted by atomic mass is 10.1. The highest BCUT2D eigenvalue weighted by Crippen LogP contribution is 2.32. The predicted octanol–water partition coefficient (Wildman–Crippen LogP) is 3.32. The highest BCUT2D eigenvalue weighted by molar-refractivity contribution is 6.07. The second-order valence-corrected chi connectivity index (χ2v) is 7.25. The average molecular weight is 395 g/mol. The molecule has 3 N–H and O–H groups in total. The molecule has 1 aliphatic heterocycles. The summed E-state index contributed by atoms with van der Waals surface area (Å²) in [5, 5.41) is 14.1. The number of carbonyl (C=O) groups excluding carboxylic acids is 1. The molecule has 0 radical (unpaired) electrons. The molecule has 0 aliphatic carbocycles. The van der Waals surface area contributed by atoms with Crippen molar-refractivity contribution in [2.75, 3.05) is 23.3 Å². The minimum atomic E-state index is -0.498. The first-order valence-electron chi connectivity index (χ1n) is 9.50. The Balaban J connectivity index is 1.72. The molecule has 0 saturated carbocycles. The summed E-state index contributed by atoms with van der Waals surface area (Å²) >= 11 is 0. The lowest BCUT2D eigenvalue weighted by Crippen LogP contribution is -2.30. The molecule has 29 heavy (non-hydrogen) atoms. The molecular formula is C20H21N5O4. The second kappa shape index (κ2) is 7.42. The van der Waals surface area contributed by atoms with Crippen LogP contribution in [0.4, 0.5) is 17.1 Å². The van der Waals surface area contributed by atoms with Crippen molar-refractivity contribution >= 4 is 34.0 Å². The molecule has 1 aliphatic rings. The number of amides is 1. The maximum absolute atomic E-state index is 12.8. The third kappa shape index (κ3) is 3.71. The lowest BCUT2D eigenvalue weighted by molar-refractivity contribution is -0.385. The number of anilines is 2. The monoisotopic (exact) mass is 395 g/mol. The minimum absolute atomic E-state index is 0.0979. The van der Waals surface area contributed by atoms with E-state index in [0.717, 1.165) is 38.0 Å². The number of hydrogen-bond acceptors (Lipinski definition) is 5. The second-order valence-electron chi connectivity index (χ2n) is 7.25. The molecule has 1 aromatic heterocycles. The largest absolute Gasteiger partial charge is 0.370 e. The van der Waals surface area contributed by atoms with Crippen molar-refractivity contribution in [2.24, 2.45) is 0 Å². The van der Waals surface area contributed by atoms with Gasteiger partial charge in [0.25, 0.3) is 11.6 Å². The molecule has 4 rings (SSSR count). The molecule has 2 aromatic carbocycles. The van der Waals surface area contributed by atoms with Crippen molar-refractivity contribution in [2.45, 2.75) is 26.2 Å². The summed E-state index contributed by atoms with van der Waals surface area (Å²) in [5.74, 6) is -0.441. The van der Waals surface area contributed by atoms with Gasteiger partial charge in [0.2, 0.25) is 0 Å². The van der Waals surface area contributed by atoms with E-state index in [-0.39, 0.29) is 16.9 Å². The van der Waals surface area contributed by atoms with Crippen LogP contribution in [-0.4, -0.2) is 33.9 Å². The smallest absolute Gasteiger partial charge is 0.323 e. The number of fused-ring (bicyclic) bond motifs is 1. The number of nitrogens with one attached hydrogen (secondary N) is 3. The number of piperidine rings is 1. The number of nitro benzene ring substituents is 1. The van der Waals surface area contributed by atoms with Gasteiger partial charge in [-0.25, -0.2) is 4.79 Å². The van der Waals surface area contributed by atoms with Gasteiger partial charge >= 0.3 is 5.69 Å². The maximum Gasteiger partial charge on any atom is 0.323 e. The number of H-pyrrole nitrogens is 2. The van der Waals surface area contributed by atoms with E-state index >= 15 is 0 Å². The van der Waals surface area contributed by atoms with Gasteiger partial charge < -0.3 is 20.2 Å². The van der Waals surface area contributed by atoms with Crippen LogP contribution in [-0.2, 0) is 0 Å². The highest BCUT2D eigenvalue weighted by Gasteiger charge is 2.20. The van der Waals surface area contributed by atoms with Crippen LogP contribution in [0.3, 0.4) is 0 Å². The van der Waals surface area contributed by atoms with E-state index in [1.54, 1.807) is 25.1 Å². The Bertz CT molecular complexity index is 1160. The summed E-state index contributed by atoms with van der Waals surface area (Å²) in [5.41, 5.74) is 2.91. The topological polar surface area (TPSA) is 124 Å². The van der Waals surface area contributed by atoms with Gasteiger partial charge in [0.1, 0.15) is 0 Å². The number of aromatic nitrogens is 2. The maximum atomic E-state index is 12.8. The van der Waals surface area contributed by atoms with Gasteiger partial charge in [0.05, 0.1) is 27.3 Å². The van der Waals surface area contributed by atoms with Crippen molar-refractivity contribution < 1.29 is 9.72 Å². The standard InChI is InChI=1S/C20H21N5O4/c1-12-5-6-13(9-17(12)25(28)29)19(26)21-16-10-14-15(23-20(27)22-14)11-18(16)24-7-3-2-4-8-24/h5-6,9-11H,2-4,7-8H2,1H3,(H,21,26)(H2,22,23,27). The number of aromatic amines is 2. The molecule has 9 heteroatoms. The summed E-state index contributed by atoms with van der Waals surface area (Å²) in [6, 6.07) is 7.98. The zero-order chi connectivity index (χ0) is 20.5. The Hall–Kier alpha value is -3.62. The average Bonchev–Trinajstić information content (AvgIpc) is 3.07. The summed E-state index contributed by atoms with van der Waals surface area (Å²) in [4.78, 5) is 42.9. The van der Waals surface area contributed by atoms with Crippen molar-refractivity contribution in [3.8, 4) is 0 Å². The molecule has 1 saturated heterocycles. The first-order valence-corrected chi connectivity index (χ1v) is 9.50. The van der Waals surface area contributed by atoms with Crippen LogP contribution in [0.1, 0.15) is 35.2 Å². The summed E-state index contributed by atoms with van der Waals surface area (Å²) in [7, 11) is 0. The molecule has 3 aromatic rings. The van der Waals surface area contributed by atoms with Crippen LogP contribution in [0, 0.1) is 17.0 Å². The summed E-state index contributed by atoms with van der Waals surface area (Å²) in [6.07, 6.45) is 3.27. The fraction of sp³-hybridized carbons (Fsp3) is 0.300. The normalized spacial score (nSPS) is 14.2. The van der Waals surface area contributed by atoms with E-state index in [1.165, 1.54) is 6.07 Å². The van der Waals surface area contributed by atoms with E-state index < -0.39 is 10.8 Å². The SMILES string of the molecule is Cc1ccc(C(=O)Nc2cc3[nH]c(=O)[nH]c3cc2N2CCCCC2)cc1[N+](=O)[O-]. The third-order valence-corrected chi connectivity index (χ3v) is 5.25. The molecule has 0 unspecified atom stereocenters. The first-order chi connectivity index (χ1) is 13.9. The number of imidazole rings is 1. The zero-order valence-electron chi connectivity index (χ0n) is 15.9. The van der Waals surface area contributed by atoms with Crippen LogP contribution >= 0.6 is 0 Å². The fourth-order valence-electron chi connectivity index (χ4n) is 3.71. The van der Waals surface area contributed by atoms with E-state index in [0.29, 0.717) is 22.3 Å². The van der Waals surface area contributed by atoms with Crippen molar-refractivity contribution in [1.29, 1.82) is 0 Å². The molecule has 2 heterocycles. The van der Waals surface area contributed by atoms with Crippen LogP contribution in [0.25, 0.3) is 11.0 Å². The first kappa shape index (κ1) is 18.7. The minimum Gasteiger partial charge on any atom is -0.370 e. The Labute approximate surface area is 165 Å². The van der Waals surface area contributed by atoms with Crippen molar-refractivity contribution in [3.63, 3.8) is 0 Å². The van der Waals surface area contributed by atoms with Gasteiger partial charge in [0.15, 0.2) is 0 Å². The van der Waals surface area contributed by atoms with E-state index in [4.69, 9.17) is 0 Å². The van der Waals surface area contributed by atoms with Gasteiger partial charge in [-0.2, -0.15) is 0 Å². The lowest BCUT2D eigenvalue weighted by Gasteiger charge is -2.30. The van der Waals surface area contributed by atoms with Crippen LogP contribution < -0.4 is 15.9 Å². The molecule has 1 fully saturated rings. The summed E-state index contributed by atoms with van der Waals surface area (Å²) < 4.78 is 0. The van der Waals surface area contributed by atoms with Gasteiger partial charge in [-0.3, -0.25) is 14.9 Å². The Morgan fingerprint density at radius 1 is 1.10 bits per heavy atom. The molecule has 0 bridgehead atoms. The number of carbonyl (C=O) groups is 1.